The van der Waals surface area contributed by atoms with E-state index in [0.717, 1.165) is 41.1 Å². The molecule has 0 aliphatic carbocycles. The van der Waals surface area contributed by atoms with Crippen LogP contribution in [0.5, 0.6) is 5.75 Å². The number of benzene rings is 1. The molecule has 2 aromatic heterocycles. The number of hydrogen-bond donors (Lipinski definition) is 0. The molecule has 158 valence electrons. The number of fused-ring (bicyclic) bond motifs is 2. The summed E-state index contributed by atoms with van der Waals surface area (Å²) < 4.78 is 36.0. The van der Waals surface area contributed by atoms with Crippen molar-refractivity contribution in [2.75, 3.05) is 19.7 Å². The number of piperidine rings is 1. The van der Waals surface area contributed by atoms with Gasteiger partial charge in [-0.15, -0.1) is 0 Å². The molecule has 1 saturated heterocycles. The Morgan fingerprint density at radius 1 is 1.10 bits per heavy atom. The highest BCUT2D eigenvalue weighted by molar-refractivity contribution is 7.89. The Kier molecular flexibility index (Phi) is 4.59. The predicted octanol–water partition coefficient (Wildman–Crippen LogP) is 3.41. The molecule has 0 radical (unpaired) electrons. The second-order valence-electron chi connectivity index (χ2n) is 8.45. The molecular weight excluding hydrogens is 400 g/mol. The summed E-state index contributed by atoms with van der Waals surface area (Å²) in [7, 11) is -3.53. The summed E-state index contributed by atoms with van der Waals surface area (Å²) >= 11 is 0. The molecule has 0 saturated carbocycles. The third kappa shape index (κ3) is 3.01. The van der Waals surface area contributed by atoms with Gasteiger partial charge in [0.25, 0.3) is 0 Å². The number of aromatic nitrogens is 3. The Bertz CT molecular complexity index is 1230. The van der Waals surface area contributed by atoms with Crippen LogP contribution in [0.25, 0.3) is 5.65 Å². The number of sulfonamides is 1. The zero-order valence-corrected chi connectivity index (χ0v) is 18.3. The van der Waals surface area contributed by atoms with Crippen molar-refractivity contribution in [2.24, 2.45) is 0 Å². The molecule has 0 bridgehead atoms. The highest BCUT2D eigenvalue weighted by Gasteiger charge is 2.33. The van der Waals surface area contributed by atoms with Gasteiger partial charge in [0.2, 0.25) is 10.0 Å². The molecule has 2 aliphatic rings. The van der Waals surface area contributed by atoms with Crippen molar-refractivity contribution in [1.29, 1.82) is 0 Å². The summed E-state index contributed by atoms with van der Waals surface area (Å²) in [6, 6.07) is 7.79. The normalized spacial score (nSPS) is 20.4. The van der Waals surface area contributed by atoms with Crippen LogP contribution in [0.2, 0.25) is 0 Å². The minimum atomic E-state index is -3.53. The van der Waals surface area contributed by atoms with Gasteiger partial charge in [-0.1, -0.05) is 13.0 Å². The van der Waals surface area contributed by atoms with Crippen LogP contribution in [0.15, 0.2) is 35.5 Å². The molecule has 8 heteroatoms. The number of rotatable bonds is 3. The van der Waals surface area contributed by atoms with E-state index in [1.165, 1.54) is 5.56 Å². The van der Waals surface area contributed by atoms with Gasteiger partial charge < -0.3 is 4.74 Å². The Hall–Kier alpha value is -2.45. The lowest BCUT2D eigenvalue weighted by atomic mass is 9.89. The summed E-state index contributed by atoms with van der Waals surface area (Å²) in [6.07, 6.45) is 3.15. The average molecular weight is 427 g/mol. The van der Waals surface area contributed by atoms with E-state index in [2.05, 4.69) is 30.0 Å². The van der Waals surface area contributed by atoms with Crippen LogP contribution in [0.1, 0.15) is 54.0 Å². The maximum atomic E-state index is 13.4. The van der Waals surface area contributed by atoms with E-state index < -0.39 is 10.0 Å². The molecule has 1 fully saturated rings. The molecular formula is C22H26N4O3S. The van der Waals surface area contributed by atoms with Crippen LogP contribution in [0, 0.1) is 13.8 Å². The second-order valence-corrected chi connectivity index (χ2v) is 10.4. The number of hydrogen-bond acceptors (Lipinski definition) is 5. The fourth-order valence-electron chi connectivity index (χ4n) is 4.78. The molecule has 2 aliphatic heterocycles. The van der Waals surface area contributed by atoms with Crippen LogP contribution >= 0.6 is 0 Å². The smallest absolute Gasteiger partial charge is 0.243 e. The van der Waals surface area contributed by atoms with E-state index in [0.29, 0.717) is 30.5 Å². The number of pyridine rings is 1. The molecule has 1 aromatic carbocycles. The van der Waals surface area contributed by atoms with Gasteiger partial charge in [-0.25, -0.2) is 17.9 Å². The minimum absolute atomic E-state index is 0.218. The first-order valence-electron chi connectivity index (χ1n) is 10.4. The maximum Gasteiger partial charge on any atom is 0.243 e. The third-order valence-electron chi connectivity index (χ3n) is 6.56. The standard InChI is InChI=1S/C22H26N4O3S/c1-14-10-20-19(15(2)12-29-20)11-21(14)30(27,28)25-8-6-17(7-9-25)18-4-5-22-23-13-24-26(22)16(18)3/h4-5,10-11,13,15,17H,6-9,12H2,1-3H3. The first-order chi connectivity index (χ1) is 14.4. The summed E-state index contributed by atoms with van der Waals surface area (Å²) in [5.74, 6) is 1.35. The highest BCUT2D eigenvalue weighted by atomic mass is 32.2. The molecule has 0 spiro atoms. The number of ether oxygens (including phenoxy) is 1. The van der Waals surface area contributed by atoms with Crippen LogP contribution in [0.4, 0.5) is 0 Å². The summed E-state index contributed by atoms with van der Waals surface area (Å²) in [6.45, 7) is 7.62. The topological polar surface area (TPSA) is 76.8 Å². The van der Waals surface area contributed by atoms with Crippen molar-refractivity contribution >= 4 is 15.7 Å². The second kappa shape index (κ2) is 7.06. The van der Waals surface area contributed by atoms with Crippen LogP contribution in [-0.4, -0.2) is 47.0 Å². The van der Waals surface area contributed by atoms with Crippen LogP contribution in [-0.2, 0) is 10.0 Å². The van der Waals surface area contributed by atoms with Crippen molar-refractivity contribution in [3.63, 3.8) is 0 Å². The van der Waals surface area contributed by atoms with Gasteiger partial charge in [0.15, 0.2) is 5.65 Å². The molecule has 1 atom stereocenters. The first kappa shape index (κ1) is 19.5. The van der Waals surface area contributed by atoms with Gasteiger partial charge in [0, 0.05) is 30.3 Å². The Balaban J connectivity index is 1.38. The third-order valence-corrected chi connectivity index (χ3v) is 8.60. The molecule has 0 N–H and O–H groups in total. The molecule has 5 rings (SSSR count). The Labute approximate surface area is 176 Å². The SMILES string of the molecule is Cc1cc2c(cc1S(=O)(=O)N1CCC(c3ccc4ncnn4c3C)CC1)C(C)CO2. The van der Waals surface area contributed by atoms with E-state index in [4.69, 9.17) is 4.74 Å². The Morgan fingerprint density at radius 3 is 2.63 bits per heavy atom. The fourth-order valence-corrected chi connectivity index (χ4v) is 6.49. The largest absolute Gasteiger partial charge is 0.493 e. The monoisotopic (exact) mass is 426 g/mol. The highest BCUT2D eigenvalue weighted by Crippen LogP contribution is 2.39. The number of aryl methyl sites for hydroxylation is 2. The van der Waals surface area contributed by atoms with Gasteiger partial charge in [-0.2, -0.15) is 9.40 Å². The van der Waals surface area contributed by atoms with Crippen molar-refractivity contribution < 1.29 is 13.2 Å². The maximum absolute atomic E-state index is 13.4. The average Bonchev–Trinajstić information content (AvgIpc) is 3.35. The minimum Gasteiger partial charge on any atom is -0.493 e. The summed E-state index contributed by atoms with van der Waals surface area (Å²) in [5.41, 5.74) is 4.88. The van der Waals surface area contributed by atoms with Crippen molar-refractivity contribution in [2.45, 2.75) is 50.3 Å². The van der Waals surface area contributed by atoms with E-state index in [9.17, 15) is 8.42 Å². The molecule has 0 amide bonds. The van der Waals surface area contributed by atoms with Gasteiger partial charge >= 0.3 is 0 Å². The van der Waals surface area contributed by atoms with Gasteiger partial charge in [-0.3, -0.25) is 0 Å². The van der Waals surface area contributed by atoms with E-state index in [1.807, 2.05) is 29.6 Å². The fraction of sp³-hybridized carbons (Fsp3) is 0.455. The zero-order valence-electron chi connectivity index (χ0n) is 17.5. The quantitative estimate of drug-likeness (QED) is 0.641. The molecule has 3 aromatic rings. The summed E-state index contributed by atoms with van der Waals surface area (Å²) in [4.78, 5) is 4.65. The van der Waals surface area contributed by atoms with Gasteiger partial charge in [0.05, 0.1) is 11.5 Å². The van der Waals surface area contributed by atoms with Gasteiger partial charge in [0.1, 0.15) is 12.1 Å². The predicted molar refractivity (Wildman–Crippen MR) is 114 cm³/mol. The van der Waals surface area contributed by atoms with Crippen molar-refractivity contribution in [3.05, 3.63) is 53.0 Å². The van der Waals surface area contributed by atoms with Crippen molar-refractivity contribution in [1.82, 2.24) is 18.9 Å². The molecule has 30 heavy (non-hydrogen) atoms. The molecule has 7 nitrogen and oxygen atoms in total. The van der Waals surface area contributed by atoms with E-state index in [1.54, 1.807) is 10.6 Å². The lowest BCUT2D eigenvalue weighted by Gasteiger charge is -2.32. The zero-order chi connectivity index (χ0) is 21.0. The summed E-state index contributed by atoms with van der Waals surface area (Å²) in [5, 5.41) is 4.30. The molecule has 4 heterocycles. The van der Waals surface area contributed by atoms with Crippen LogP contribution < -0.4 is 4.74 Å². The number of nitrogens with zero attached hydrogens (tertiary/aromatic N) is 4. The Morgan fingerprint density at radius 2 is 1.87 bits per heavy atom. The van der Waals surface area contributed by atoms with Crippen molar-refractivity contribution in [3.8, 4) is 5.75 Å². The lowest BCUT2D eigenvalue weighted by molar-refractivity contribution is 0.318. The first-order valence-corrected chi connectivity index (χ1v) is 11.9. The van der Waals surface area contributed by atoms with Gasteiger partial charge in [-0.05, 0) is 61.9 Å². The van der Waals surface area contributed by atoms with E-state index >= 15 is 0 Å². The lowest BCUT2D eigenvalue weighted by Crippen LogP contribution is -2.38. The van der Waals surface area contributed by atoms with Crippen LogP contribution in [0.3, 0.4) is 0 Å². The van der Waals surface area contributed by atoms with E-state index in [-0.39, 0.29) is 5.92 Å². The molecule has 1 unspecified atom stereocenters.